The minimum absolute atomic E-state index is 0.369. The van der Waals surface area contributed by atoms with E-state index in [1.807, 2.05) is 12.1 Å². The van der Waals surface area contributed by atoms with E-state index in [9.17, 15) is 0 Å². The van der Waals surface area contributed by atoms with Gasteiger partial charge < -0.3 is 10.5 Å². The molecule has 1 unspecified atom stereocenters. The monoisotopic (exact) mass is 234 g/mol. The third-order valence-electron chi connectivity index (χ3n) is 2.61. The van der Waals surface area contributed by atoms with Crippen LogP contribution in [0.4, 0.5) is 5.69 Å². The predicted molar refractivity (Wildman–Crippen MR) is 65.3 cm³/mol. The van der Waals surface area contributed by atoms with Crippen LogP contribution in [0.2, 0.25) is 0 Å². The zero-order valence-corrected chi connectivity index (χ0v) is 9.80. The zero-order valence-electron chi connectivity index (χ0n) is 8.98. The maximum Gasteiger partial charge on any atom is 0.101 e. The number of hydrogen-bond acceptors (Lipinski definition) is 4. The van der Waals surface area contributed by atoms with E-state index in [4.69, 9.17) is 15.7 Å². The summed E-state index contributed by atoms with van der Waals surface area (Å²) in [5, 5.41) is 8.86. The molecule has 0 spiro atoms. The van der Waals surface area contributed by atoms with E-state index in [0.29, 0.717) is 17.4 Å². The Balaban J connectivity index is 1.96. The molecule has 16 heavy (non-hydrogen) atoms. The predicted octanol–water partition coefficient (Wildman–Crippen LogP) is 2.41. The molecule has 1 atom stereocenters. The molecule has 1 aromatic rings. The topological polar surface area (TPSA) is 59.0 Å². The molecular weight excluding hydrogens is 220 g/mol. The average molecular weight is 234 g/mol. The summed E-state index contributed by atoms with van der Waals surface area (Å²) in [6, 6.07) is 7.68. The molecule has 1 aliphatic heterocycles. The number of ether oxygens (including phenoxy) is 1. The highest BCUT2D eigenvalue weighted by Gasteiger charge is 2.15. The van der Waals surface area contributed by atoms with Crippen LogP contribution >= 0.6 is 11.8 Å². The summed E-state index contributed by atoms with van der Waals surface area (Å²) >= 11 is 1.72. The molecule has 0 saturated carbocycles. The van der Waals surface area contributed by atoms with Crippen LogP contribution in [0.3, 0.4) is 0 Å². The highest BCUT2D eigenvalue weighted by atomic mass is 32.2. The second kappa shape index (κ2) is 5.24. The average Bonchev–Trinajstić information content (AvgIpc) is 2.81. The van der Waals surface area contributed by atoms with Gasteiger partial charge in [-0.05, 0) is 31.0 Å². The van der Waals surface area contributed by atoms with Gasteiger partial charge in [0.2, 0.25) is 0 Å². The van der Waals surface area contributed by atoms with Crippen LogP contribution in [0, 0.1) is 11.3 Å². The van der Waals surface area contributed by atoms with Gasteiger partial charge in [-0.15, -0.1) is 11.8 Å². The van der Waals surface area contributed by atoms with Crippen LogP contribution in [0.25, 0.3) is 0 Å². The van der Waals surface area contributed by atoms with Crippen LogP contribution in [-0.2, 0) is 4.74 Å². The van der Waals surface area contributed by atoms with Gasteiger partial charge in [-0.2, -0.15) is 5.26 Å². The molecular formula is C12H14N2OS. The number of nitriles is 1. The first-order valence-electron chi connectivity index (χ1n) is 5.33. The lowest BCUT2D eigenvalue weighted by molar-refractivity contribution is 0.129. The van der Waals surface area contributed by atoms with Gasteiger partial charge in [0.25, 0.3) is 0 Å². The van der Waals surface area contributed by atoms with Crippen LogP contribution in [-0.4, -0.2) is 18.5 Å². The van der Waals surface area contributed by atoms with Crippen molar-refractivity contribution in [1.82, 2.24) is 0 Å². The smallest absolute Gasteiger partial charge is 0.101 e. The molecule has 3 nitrogen and oxygen atoms in total. The van der Waals surface area contributed by atoms with Crippen LogP contribution in [0.15, 0.2) is 23.1 Å². The molecule has 84 valence electrons. The van der Waals surface area contributed by atoms with Gasteiger partial charge in [0.05, 0.1) is 11.7 Å². The highest BCUT2D eigenvalue weighted by Crippen LogP contribution is 2.26. The number of nitrogens with zero attached hydrogens (tertiary/aromatic N) is 1. The molecule has 2 rings (SSSR count). The Hall–Kier alpha value is -1.18. The Kier molecular flexibility index (Phi) is 3.70. The molecule has 1 aliphatic rings. The number of rotatable bonds is 3. The van der Waals surface area contributed by atoms with E-state index in [-0.39, 0.29) is 0 Å². The largest absolute Gasteiger partial charge is 0.398 e. The first-order valence-corrected chi connectivity index (χ1v) is 6.32. The molecule has 0 amide bonds. The van der Waals surface area contributed by atoms with Gasteiger partial charge in [-0.3, -0.25) is 0 Å². The van der Waals surface area contributed by atoms with Gasteiger partial charge in [0.15, 0.2) is 0 Å². The fourth-order valence-electron chi connectivity index (χ4n) is 1.69. The lowest BCUT2D eigenvalue weighted by Gasteiger charge is -2.09. The molecule has 1 heterocycles. The third-order valence-corrected chi connectivity index (χ3v) is 3.73. The van der Waals surface area contributed by atoms with Crippen molar-refractivity contribution in [2.45, 2.75) is 23.8 Å². The molecule has 0 bridgehead atoms. The number of anilines is 1. The van der Waals surface area contributed by atoms with E-state index < -0.39 is 0 Å². The van der Waals surface area contributed by atoms with Crippen LogP contribution < -0.4 is 5.73 Å². The maximum atomic E-state index is 8.86. The zero-order chi connectivity index (χ0) is 11.4. The van der Waals surface area contributed by atoms with Gasteiger partial charge >= 0.3 is 0 Å². The number of nitrogen functional groups attached to an aromatic ring is 1. The number of benzene rings is 1. The standard InChI is InChI=1S/C12H14N2OS/c13-7-9-6-11(3-4-12(9)14)16-8-10-2-1-5-15-10/h3-4,6,10H,1-2,5,8,14H2. The van der Waals surface area contributed by atoms with Crippen molar-refractivity contribution >= 4 is 17.4 Å². The van der Waals surface area contributed by atoms with Gasteiger partial charge in [-0.1, -0.05) is 0 Å². The quantitative estimate of drug-likeness (QED) is 0.644. The molecule has 2 N–H and O–H groups in total. The van der Waals surface area contributed by atoms with E-state index >= 15 is 0 Å². The van der Waals surface area contributed by atoms with Gasteiger partial charge in [0.1, 0.15) is 6.07 Å². The van der Waals surface area contributed by atoms with Crippen molar-refractivity contribution < 1.29 is 4.74 Å². The Morgan fingerprint density at radius 2 is 2.44 bits per heavy atom. The summed E-state index contributed by atoms with van der Waals surface area (Å²) in [5.41, 5.74) is 6.76. The number of hydrogen-bond donors (Lipinski definition) is 1. The lowest BCUT2D eigenvalue weighted by Crippen LogP contribution is -2.07. The molecule has 1 aromatic carbocycles. The normalized spacial score (nSPS) is 19.6. The first-order chi connectivity index (χ1) is 7.79. The summed E-state index contributed by atoms with van der Waals surface area (Å²) in [7, 11) is 0. The van der Waals surface area contributed by atoms with Crippen molar-refractivity contribution in [2.24, 2.45) is 0 Å². The Labute approximate surface area is 99.6 Å². The SMILES string of the molecule is N#Cc1cc(SCC2CCCO2)ccc1N. The van der Waals surface area contributed by atoms with E-state index in [0.717, 1.165) is 30.1 Å². The fourth-order valence-corrected chi connectivity index (χ4v) is 2.69. The summed E-state index contributed by atoms with van der Waals surface area (Å²) in [4.78, 5) is 1.08. The molecule has 1 saturated heterocycles. The van der Waals surface area contributed by atoms with E-state index in [1.54, 1.807) is 17.8 Å². The van der Waals surface area contributed by atoms with Crippen molar-refractivity contribution in [3.05, 3.63) is 23.8 Å². The minimum Gasteiger partial charge on any atom is -0.398 e. The van der Waals surface area contributed by atoms with E-state index in [2.05, 4.69) is 6.07 Å². The third kappa shape index (κ3) is 2.69. The minimum atomic E-state index is 0.369. The molecule has 0 aliphatic carbocycles. The van der Waals surface area contributed by atoms with Crippen molar-refractivity contribution in [2.75, 3.05) is 18.1 Å². The van der Waals surface area contributed by atoms with Crippen LogP contribution in [0.1, 0.15) is 18.4 Å². The Morgan fingerprint density at radius 3 is 3.12 bits per heavy atom. The fraction of sp³-hybridized carbons (Fsp3) is 0.417. The van der Waals surface area contributed by atoms with Crippen molar-refractivity contribution in [3.8, 4) is 6.07 Å². The lowest BCUT2D eigenvalue weighted by atomic mass is 10.2. The summed E-state index contributed by atoms with van der Waals surface area (Å²) in [5.74, 6) is 0.953. The van der Waals surface area contributed by atoms with E-state index in [1.165, 1.54) is 0 Å². The Bertz CT molecular complexity index is 408. The first kappa shape index (κ1) is 11.3. The summed E-state index contributed by atoms with van der Waals surface area (Å²) in [6.45, 7) is 0.885. The van der Waals surface area contributed by atoms with Gasteiger partial charge in [0, 0.05) is 22.9 Å². The summed E-state index contributed by atoms with van der Waals surface area (Å²) in [6.07, 6.45) is 2.68. The molecule has 1 fully saturated rings. The maximum absolute atomic E-state index is 8.86. The highest BCUT2D eigenvalue weighted by molar-refractivity contribution is 7.99. The molecule has 0 aromatic heterocycles. The Morgan fingerprint density at radius 1 is 1.56 bits per heavy atom. The van der Waals surface area contributed by atoms with Gasteiger partial charge in [-0.25, -0.2) is 0 Å². The second-order valence-corrected chi connectivity index (χ2v) is 4.90. The number of thioether (sulfide) groups is 1. The second-order valence-electron chi connectivity index (χ2n) is 3.81. The summed E-state index contributed by atoms with van der Waals surface area (Å²) < 4.78 is 5.54. The molecule has 0 radical (unpaired) electrons. The van der Waals surface area contributed by atoms with Crippen molar-refractivity contribution in [3.63, 3.8) is 0 Å². The van der Waals surface area contributed by atoms with Crippen LogP contribution in [0.5, 0.6) is 0 Å². The van der Waals surface area contributed by atoms with Crippen molar-refractivity contribution in [1.29, 1.82) is 5.26 Å². The molecule has 4 heteroatoms. The number of nitrogens with two attached hydrogens (primary N) is 1.